The largest absolute Gasteiger partial charge is 0.489 e. The van der Waals surface area contributed by atoms with Gasteiger partial charge in [-0.1, -0.05) is 53.0 Å². The SMILES string of the molecule is Cc1ccc(COc2ccc(Cl)cc2[C@@H]2SCC(=O)N2c2ccc(Cl)cc2)cc1. The zero-order valence-corrected chi connectivity index (χ0v) is 18.1. The second-order valence-corrected chi connectivity index (χ2v) is 8.80. The van der Waals surface area contributed by atoms with E-state index in [1.807, 2.05) is 30.3 Å². The van der Waals surface area contributed by atoms with E-state index in [0.717, 1.165) is 22.6 Å². The summed E-state index contributed by atoms with van der Waals surface area (Å²) >= 11 is 13.9. The number of hydrogen-bond donors (Lipinski definition) is 0. The van der Waals surface area contributed by atoms with Gasteiger partial charge in [-0.15, -0.1) is 11.8 Å². The molecule has 3 aromatic rings. The molecule has 0 aromatic heterocycles. The Kier molecular flexibility index (Phi) is 6.04. The highest BCUT2D eigenvalue weighted by Crippen LogP contribution is 2.45. The number of carbonyl (C=O) groups is 1. The van der Waals surface area contributed by atoms with Crippen LogP contribution in [0.3, 0.4) is 0 Å². The van der Waals surface area contributed by atoms with E-state index in [0.29, 0.717) is 22.4 Å². The van der Waals surface area contributed by atoms with Crippen molar-refractivity contribution in [3.8, 4) is 5.75 Å². The Labute approximate surface area is 184 Å². The molecule has 1 heterocycles. The topological polar surface area (TPSA) is 29.5 Å². The number of halogens is 2. The normalized spacial score (nSPS) is 16.3. The minimum Gasteiger partial charge on any atom is -0.489 e. The van der Waals surface area contributed by atoms with E-state index < -0.39 is 0 Å². The van der Waals surface area contributed by atoms with Gasteiger partial charge in [0.1, 0.15) is 17.7 Å². The summed E-state index contributed by atoms with van der Waals surface area (Å²) in [6.07, 6.45) is 0. The number of rotatable bonds is 5. The summed E-state index contributed by atoms with van der Waals surface area (Å²) in [6, 6.07) is 21.1. The van der Waals surface area contributed by atoms with Gasteiger partial charge < -0.3 is 4.74 Å². The van der Waals surface area contributed by atoms with Crippen LogP contribution in [-0.4, -0.2) is 11.7 Å². The second-order valence-electron chi connectivity index (χ2n) is 6.86. The van der Waals surface area contributed by atoms with E-state index in [1.54, 1.807) is 28.8 Å². The summed E-state index contributed by atoms with van der Waals surface area (Å²) in [5, 5.41) is 1.03. The average Bonchev–Trinajstić information content (AvgIpc) is 3.10. The van der Waals surface area contributed by atoms with Crippen LogP contribution in [0.2, 0.25) is 10.0 Å². The fraction of sp³-hybridized carbons (Fsp3) is 0.174. The van der Waals surface area contributed by atoms with Gasteiger partial charge in [0.15, 0.2) is 0 Å². The molecule has 3 aromatic carbocycles. The Morgan fingerprint density at radius 3 is 2.41 bits per heavy atom. The molecule has 1 amide bonds. The van der Waals surface area contributed by atoms with Crippen molar-refractivity contribution >= 4 is 46.6 Å². The van der Waals surface area contributed by atoms with Crippen LogP contribution in [0, 0.1) is 6.92 Å². The molecule has 1 fully saturated rings. The lowest BCUT2D eigenvalue weighted by Gasteiger charge is -2.26. The van der Waals surface area contributed by atoms with Crippen LogP contribution >= 0.6 is 35.0 Å². The van der Waals surface area contributed by atoms with Gasteiger partial charge in [0, 0.05) is 21.3 Å². The van der Waals surface area contributed by atoms with E-state index in [4.69, 9.17) is 27.9 Å². The summed E-state index contributed by atoms with van der Waals surface area (Å²) < 4.78 is 6.14. The third-order valence-corrected chi connectivity index (χ3v) is 6.41. The molecule has 6 heteroatoms. The molecule has 4 rings (SSSR count). The van der Waals surface area contributed by atoms with E-state index in [1.165, 1.54) is 5.56 Å². The molecular formula is C23H19Cl2NO2S. The second kappa shape index (κ2) is 8.70. The van der Waals surface area contributed by atoms with Crippen molar-refractivity contribution in [2.75, 3.05) is 10.7 Å². The van der Waals surface area contributed by atoms with Crippen LogP contribution in [0.4, 0.5) is 5.69 Å². The van der Waals surface area contributed by atoms with Gasteiger partial charge in [-0.25, -0.2) is 0 Å². The molecule has 3 nitrogen and oxygen atoms in total. The van der Waals surface area contributed by atoms with Crippen LogP contribution in [0.1, 0.15) is 22.1 Å². The van der Waals surface area contributed by atoms with E-state index in [9.17, 15) is 4.79 Å². The number of thioether (sulfide) groups is 1. The van der Waals surface area contributed by atoms with Crippen LogP contribution in [0.5, 0.6) is 5.75 Å². The maximum atomic E-state index is 12.6. The van der Waals surface area contributed by atoms with Crippen molar-refractivity contribution in [2.45, 2.75) is 18.9 Å². The predicted octanol–water partition coefficient (Wildman–Crippen LogP) is 6.66. The Hall–Kier alpha value is -2.14. The van der Waals surface area contributed by atoms with E-state index in [-0.39, 0.29) is 11.3 Å². The lowest BCUT2D eigenvalue weighted by atomic mass is 10.1. The summed E-state index contributed by atoms with van der Waals surface area (Å²) in [5.41, 5.74) is 3.98. The summed E-state index contributed by atoms with van der Waals surface area (Å²) in [5.74, 6) is 1.17. The molecule has 29 heavy (non-hydrogen) atoms. The van der Waals surface area contributed by atoms with Crippen molar-refractivity contribution in [3.63, 3.8) is 0 Å². The zero-order chi connectivity index (χ0) is 20.4. The maximum absolute atomic E-state index is 12.6. The van der Waals surface area contributed by atoms with E-state index in [2.05, 4.69) is 31.2 Å². The first-order chi connectivity index (χ1) is 14.0. The van der Waals surface area contributed by atoms with Crippen LogP contribution in [0.25, 0.3) is 0 Å². The van der Waals surface area contributed by atoms with E-state index >= 15 is 0 Å². The molecule has 0 radical (unpaired) electrons. The third-order valence-electron chi connectivity index (χ3n) is 4.73. The van der Waals surface area contributed by atoms with Gasteiger partial charge in [-0.3, -0.25) is 9.69 Å². The smallest absolute Gasteiger partial charge is 0.238 e. The fourth-order valence-corrected chi connectivity index (χ4v) is 4.72. The molecule has 0 aliphatic carbocycles. The minimum absolute atomic E-state index is 0.0479. The van der Waals surface area contributed by atoms with Crippen LogP contribution in [-0.2, 0) is 11.4 Å². The maximum Gasteiger partial charge on any atom is 0.238 e. The number of nitrogens with zero attached hydrogens (tertiary/aromatic N) is 1. The molecule has 1 aliphatic heterocycles. The standard InChI is InChI=1S/C23H19Cl2NO2S/c1-15-2-4-16(5-3-15)13-28-21-11-8-18(25)12-20(21)23-26(22(27)14-29-23)19-9-6-17(24)7-10-19/h2-12,23H,13-14H2,1H3/t23-/m0/s1. The molecule has 0 spiro atoms. The van der Waals surface area contributed by atoms with Gasteiger partial charge in [0.05, 0.1) is 5.75 Å². The van der Waals surface area contributed by atoms with Gasteiger partial charge in [0.2, 0.25) is 5.91 Å². The zero-order valence-electron chi connectivity index (χ0n) is 15.8. The first-order valence-electron chi connectivity index (χ1n) is 9.18. The first-order valence-corrected chi connectivity index (χ1v) is 11.0. The number of anilines is 1. The Balaban J connectivity index is 1.64. The Morgan fingerprint density at radius 2 is 1.69 bits per heavy atom. The van der Waals surface area contributed by atoms with Gasteiger partial charge in [-0.2, -0.15) is 0 Å². The highest BCUT2D eigenvalue weighted by Gasteiger charge is 2.36. The van der Waals surface area contributed by atoms with Gasteiger partial charge in [0.25, 0.3) is 0 Å². The third kappa shape index (κ3) is 4.55. The molecule has 1 saturated heterocycles. The highest BCUT2D eigenvalue weighted by molar-refractivity contribution is 8.00. The molecular weight excluding hydrogens is 425 g/mol. The average molecular weight is 444 g/mol. The number of aryl methyl sites for hydroxylation is 1. The van der Waals surface area contributed by atoms with Crippen LogP contribution in [0.15, 0.2) is 66.7 Å². The number of hydrogen-bond acceptors (Lipinski definition) is 3. The van der Waals surface area contributed by atoms with Crippen molar-refractivity contribution in [1.82, 2.24) is 0 Å². The molecule has 0 bridgehead atoms. The monoisotopic (exact) mass is 443 g/mol. The van der Waals surface area contributed by atoms with Crippen molar-refractivity contribution in [1.29, 1.82) is 0 Å². The Morgan fingerprint density at radius 1 is 1.00 bits per heavy atom. The number of ether oxygens (including phenoxy) is 1. The molecule has 0 unspecified atom stereocenters. The summed E-state index contributed by atoms with van der Waals surface area (Å²) in [7, 11) is 0. The van der Waals surface area contributed by atoms with Crippen molar-refractivity contribution in [3.05, 3.63) is 93.5 Å². The van der Waals surface area contributed by atoms with Crippen LogP contribution < -0.4 is 9.64 Å². The lowest BCUT2D eigenvalue weighted by Crippen LogP contribution is -2.28. The molecule has 0 N–H and O–H groups in total. The Bertz CT molecular complexity index is 1020. The van der Waals surface area contributed by atoms with Gasteiger partial charge in [-0.05, 0) is 55.0 Å². The number of carbonyl (C=O) groups excluding carboxylic acids is 1. The summed E-state index contributed by atoms with van der Waals surface area (Å²) in [4.78, 5) is 14.4. The summed E-state index contributed by atoms with van der Waals surface area (Å²) in [6.45, 7) is 2.50. The number of benzene rings is 3. The molecule has 1 atom stereocenters. The molecule has 0 saturated carbocycles. The quantitative estimate of drug-likeness (QED) is 0.441. The highest BCUT2D eigenvalue weighted by atomic mass is 35.5. The lowest BCUT2D eigenvalue weighted by molar-refractivity contribution is -0.115. The van der Waals surface area contributed by atoms with Gasteiger partial charge >= 0.3 is 0 Å². The molecule has 148 valence electrons. The van der Waals surface area contributed by atoms with Crippen molar-refractivity contribution in [2.24, 2.45) is 0 Å². The predicted molar refractivity (Wildman–Crippen MR) is 121 cm³/mol. The fourth-order valence-electron chi connectivity index (χ4n) is 3.22. The first kappa shape index (κ1) is 20.1. The van der Waals surface area contributed by atoms with Crippen molar-refractivity contribution < 1.29 is 9.53 Å². The minimum atomic E-state index is -0.213. The number of amides is 1. The molecule has 1 aliphatic rings.